The van der Waals surface area contributed by atoms with Crippen LogP contribution in [-0.2, 0) is 4.79 Å². The van der Waals surface area contributed by atoms with Gasteiger partial charge in [-0.25, -0.2) is 0 Å². The van der Waals surface area contributed by atoms with E-state index in [4.69, 9.17) is 0 Å². The zero-order valence-corrected chi connectivity index (χ0v) is 13.2. The van der Waals surface area contributed by atoms with Crippen LogP contribution < -0.4 is 10.6 Å². The molecule has 0 spiro atoms. The maximum Gasteiger partial charge on any atom is 0.237 e. The average molecular weight is 281 g/mol. The lowest BCUT2D eigenvalue weighted by molar-refractivity contribution is -0.127. The van der Waals surface area contributed by atoms with Gasteiger partial charge in [0, 0.05) is 12.1 Å². The van der Waals surface area contributed by atoms with E-state index in [0.717, 1.165) is 32.4 Å². The van der Waals surface area contributed by atoms with Gasteiger partial charge in [-0.05, 0) is 59.2 Å². The monoisotopic (exact) mass is 281 g/mol. The van der Waals surface area contributed by atoms with Crippen molar-refractivity contribution < 1.29 is 4.79 Å². The zero-order valence-electron chi connectivity index (χ0n) is 13.2. The number of carbonyl (C=O) groups excluding carboxylic acids is 1. The molecule has 0 aromatic rings. The highest BCUT2D eigenvalue weighted by Gasteiger charge is 2.27. The summed E-state index contributed by atoms with van der Waals surface area (Å²) in [6.07, 6.45) is 9.75. The summed E-state index contributed by atoms with van der Waals surface area (Å²) in [4.78, 5) is 14.7. The van der Waals surface area contributed by atoms with Crippen LogP contribution in [0, 0.1) is 0 Å². The van der Waals surface area contributed by atoms with E-state index in [0.29, 0.717) is 12.1 Å². The van der Waals surface area contributed by atoms with Crippen LogP contribution in [0.1, 0.15) is 58.3 Å². The molecule has 1 aliphatic carbocycles. The van der Waals surface area contributed by atoms with Crippen molar-refractivity contribution in [1.82, 2.24) is 15.5 Å². The molecule has 116 valence electrons. The van der Waals surface area contributed by atoms with Crippen molar-refractivity contribution in [3.8, 4) is 0 Å². The SMILES string of the molecule is CC(C(=O)NC1CCCCC1)N(C)C1CCCNCC1. The van der Waals surface area contributed by atoms with E-state index in [1.54, 1.807) is 0 Å². The van der Waals surface area contributed by atoms with E-state index < -0.39 is 0 Å². The normalized spacial score (nSPS) is 27.1. The summed E-state index contributed by atoms with van der Waals surface area (Å²) in [5, 5.41) is 6.70. The fourth-order valence-electron chi connectivity index (χ4n) is 3.48. The molecule has 0 radical (unpaired) electrons. The molecule has 2 unspecified atom stereocenters. The van der Waals surface area contributed by atoms with Crippen LogP contribution in [0.3, 0.4) is 0 Å². The van der Waals surface area contributed by atoms with E-state index in [-0.39, 0.29) is 11.9 Å². The van der Waals surface area contributed by atoms with Gasteiger partial charge < -0.3 is 10.6 Å². The van der Waals surface area contributed by atoms with Gasteiger partial charge in [-0.15, -0.1) is 0 Å². The molecule has 2 fully saturated rings. The highest BCUT2D eigenvalue weighted by Crippen LogP contribution is 2.19. The molecule has 2 N–H and O–H groups in total. The van der Waals surface area contributed by atoms with Crippen molar-refractivity contribution in [1.29, 1.82) is 0 Å². The number of likely N-dealkylation sites (N-methyl/N-ethyl adjacent to an activating group) is 1. The highest BCUT2D eigenvalue weighted by molar-refractivity contribution is 5.81. The van der Waals surface area contributed by atoms with Crippen LogP contribution in [0.5, 0.6) is 0 Å². The van der Waals surface area contributed by atoms with Crippen LogP contribution in [0.15, 0.2) is 0 Å². The van der Waals surface area contributed by atoms with Gasteiger partial charge in [-0.3, -0.25) is 9.69 Å². The van der Waals surface area contributed by atoms with Crippen LogP contribution in [0.2, 0.25) is 0 Å². The van der Waals surface area contributed by atoms with Crippen molar-refractivity contribution in [2.75, 3.05) is 20.1 Å². The molecule has 0 bridgehead atoms. The van der Waals surface area contributed by atoms with Gasteiger partial charge >= 0.3 is 0 Å². The van der Waals surface area contributed by atoms with Gasteiger partial charge in [0.25, 0.3) is 0 Å². The first-order chi connectivity index (χ1) is 9.68. The quantitative estimate of drug-likeness (QED) is 0.827. The molecular formula is C16H31N3O. The maximum absolute atomic E-state index is 12.4. The highest BCUT2D eigenvalue weighted by atomic mass is 16.2. The summed E-state index contributed by atoms with van der Waals surface area (Å²) < 4.78 is 0. The molecule has 20 heavy (non-hydrogen) atoms. The number of nitrogens with one attached hydrogen (secondary N) is 2. The molecule has 1 saturated carbocycles. The van der Waals surface area contributed by atoms with Crippen LogP contribution in [-0.4, -0.2) is 49.1 Å². The number of nitrogens with zero attached hydrogens (tertiary/aromatic N) is 1. The second-order valence-corrected chi connectivity index (χ2v) is 6.52. The minimum Gasteiger partial charge on any atom is -0.352 e. The van der Waals surface area contributed by atoms with Gasteiger partial charge in [0.05, 0.1) is 6.04 Å². The number of hydrogen-bond donors (Lipinski definition) is 2. The average Bonchev–Trinajstić information content (AvgIpc) is 2.75. The Balaban J connectivity index is 1.81. The van der Waals surface area contributed by atoms with Crippen molar-refractivity contribution >= 4 is 5.91 Å². The standard InChI is InChI=1S/C16H31N3O/c1-13(16(20)18-14-7-4-3-5-8-14)19(2)15-9-6-11-17-12-10-15/h13-15,17H,3-12H2,1-2H3,(H,18,20). The number of rotatable bonds is 4. The second kappa shape index (κ2) is 7.99. The van der Waals surface area contributed by atoms with Gasteiger partial charge in [-0.1, -0.05) is 19.3 Å². The first-order valence-corrected chi connectivity index (χ1v) is 8.41. The van der Waals surface area contributed by atoms with E-state index in [2.05, 4.69) is 29.5 Å². The Hall–Kier alpha value is -0.610. The lowest BCUT2D eigenvalue weighted by Crippen LogP contribution is -2.50. The molecule has 4 nitrogen and oxygen atoms in total. The van der Waals surface area contributed by atoms with Crippen LogP contribution >= 0.6 is 0 Å². The first kappa shape index (κ1) is 15.8. The predicted octanol–water partition coefficient (Wildman–Crippen LogP) is 1.90. The summed E-state index contributed by atoms with van der Waals surface area (Å²) in [5.74, 6) is 0.219. The number of carbonyl (C=O) groups is 1. The van der Waals surface area contributed by atoms with Gasteiger partial charge in [0.15, 0.2) is 0 Å². The van der Waals surface area contributed by atoms with E-state index in [1.165, 1.54) is 32.1 Å². The Morgan fingerprint density at radius 1 is 1.10 bits per heavy atom. The number of amides is 1. The molecule has 1 heterocycles. The molecule has 2 atom stereocenters. The Kier molecular flexibility index (Phi) is 6.30. The summed E-state index contributed by atoms with van der Waals surface area (Å²) in [6, 6.07) is 0.944. The maximum atomic E-state index is 12.4. The Morgan fingerprint density at radius 2 is 1.85 bits per heavy atom. The van der Waals surface area contributed by atoms with Crippen LogP contribution in [0.4, 0.5) is 0 Å². The zero-order chi connectivity index (χ0) is 14.4. The smallest absolute Gasteiger partial charge is 0.237 e. The fourth-order valence-corrected chi connectivity index (χ4v) is 3.48. The lowest BCUT2D eigenvalue weighted by Gasteiger charge is -2.33. The summed E-state index contributed by atoms with van der Waals surface area (Å²) in [7, 11) is 2.11. The molecule has 2 rings (SSSR count). The summed E-state index contributed by atoms with van der Waals surface area (Å²) in [5.41, 5.74) is 0. The van der Waals surface area contributed by atoms with E-state index >= 15 is 0 Å². The molecular weight excluding hydrogens is 250 g/mol. The summed E-state index contributed by atoms with van der Waals surface area (Å²) in [6.45, 7) is 4.25. The fraction of sp³-hybridized carbons (Fsp3) is 0.938. The molecule has 2 aliphatic rings. The largest absolute Gasteiger partial charge is 0.352 e. The Labute approximate surface area is 123 Å². The molecule has 1 saturated heterocycles. The molecule has 1 aliphatic heterocycles. The molecule has 4 heteroatoms. The van der Waals surface area contributed by atoms with Gasteiger partial charge in [0.2, 0.25) is 5.91 Å². The van der Waals surface area contributed by atoms with Crippen molar-refractivity contribution in [3.05, 3.63) is 0 Å². The topological polar surface area (TPSA) is 44.4 Å². The van der Waals surface area contributed by atoms with Crippen molar-refractivity contribution in [3.63, 3.8) is 0 Å². The number of hydrogen-bond acceptors (Lipinski definition) is 3. The lowest BCUT2D eigenvalue weighted by atomic mass is 9.95. The minimum atomic E-state index is -0.0139. The predicted molar refractivity (Wildman–Crippen MR) is 82.7 cm³/mol. The molecule has 0 aromatic carbocycles. The third-order valence-corrected chi connectivity index (χ3v) is 5.06. The molecule has 0 aromatic heterocycles. The third-order valence-electron chi connectivity index (χ3n) is 5.06. The van der Waals surface area contributed by atoms with Gasteiger partial charge in [0.1, 0.15) is 0 Å². The summed E-state index contributed by atoms with van der Waals surface area (Å²) >= 11 is 0. The van der Waals surface area contributed by atoms with E-state index in [9.17, 15) is 4.79 Å². The third kappa shape index (κ3) is 4.45. The Bertz CT molecular complexity index is 294. The van der Waals surface area contributed by atoms with Gasteiger partial charge in [-0.2, -0.15) is 0 Å². The van der Waals surface area contributed by atoms with Crippen molar-refractivity contribution in [2.24, 2.45) is 0 Å². The second-order valence-electron chi connectivity index (χ2n) is 6.52. The minimum absolute atomic E-state index is 0.0139. The van der Waals surface area contributed by atoms with E-state index in [1.807, 2.05) is 0 Å². The first-order valence-electron chi connectivity index (χ1n) is 8.41. The van der Waals surface area contributed by atoms with Crippen molar-refractivity contribution in [2.45, 2.75) is 76.4 Å². The molecule has 1 amide bonds. The Morgan fingerprint density at radius 3 is 2.60 bits per heavy atom. The van der Waals surface area contributed by atoms with Crippen LogP contribution in [0.25, 0.3) is 0 Å².